The topological polar surface area (TPSA) is 64.6 Å². The minimum absolute atomic E-state index is 0.0754. The van der Waals surface area contributed by atoms with Gasteiger partial charge in [0.2, 0.25) is 6.10 Å². The van der Waals surface area contributed by atoms with Crippen LogP contribution in [0.1, 0.15) is 13.8 Å². The first-order valence-corrected chi connectivity index (χ1v) is 4.58. The second-order valence-corrected chi connectivity index (χ2v) is 4.16. The monoisotopic (exact) mass is 199 g/mol. The number of β-lactam (4-membered cyclic amide) rings is 1. The third kappa shape index (κ3) is 1.28. The number of hydrogen-bond acceptors (Lipinski definition) is 4. The zero-order valence-electron chi connectivity index (χ0n) is 8.20. The van der Waals surface area contributed by atoms with E-state index in [9.17, 15) is 9.59 Å². The zero-order valence-corrected chi connectivity index (χ0v) is 8.20. The van der Waals surface area contributed by atoms with E-state index in [0.717, 1.165) is 0 Å². The smallest absolute Gasteiger partial charge is 0.303 e. The molecule has 2 saturated heterocycles. The first-order chi connectivity index (χ1) is 6.53. The van der Waals surface area contributed by atoms with E-state index in [0.29, 0.717) is 13.2 Å². The number of esters is 1. The molecule has 0 radical (unpaired) electrons. The summed E-state index contributed by atoms with van der Waals surface area (Å²) >= 11 is 0. The summed E-state index contributed by atoms with van der Waals surface area (Å²) in [6.45, 7) is 4.53. The average molecular weight is 199 g/mol. The standard InChI is InChI=1S/C9H13NO4/c1-5(11)14-6-7(10-8(6)12)9(2)3-13-4-9/h6-7H,3-4H2,1-2H3,(H,10,12). The van der Waals surface area contributed by atoms with E-state index in [4.69, 9.17) is 9.47 Å². The predicted octanol–water partition coefficient (Wildman–Crippen LogP) is -0.547. The van der Waals surface area contributed by atoms with Gasteiger partial charge >= 0.3 is 5.97 Å². The highest BCUT2D eigenvalue weighted by molar-refractivity contribution is 5.90. The number of carbonyl (C=O) groups is 2. The Bertz CT molecular complexity index is 285. The zero-order chi connectivity index (χ0) is 10.3. The summed E-state index contributed by atoms with van der Waals surface area (Å²) in [5.41, 5.74) is -0.0754. The molecule has 0 aromatic rings. The van der Waals surface area contributed by atoms with E-state index in [-0.39, 0.29) is 17.4 Å². The molecule has 2 heterocycles. The summed E-state index contributed by atoms with van der Waals surface area (Å²) in [6.07, 6.45) is -0.624. The molecule has 2 atom stereocenters. The van der Waals surface area contributed by atoms with Crippen LogP contribution in [0.15, 0.2) is 0 Å². The Balaban J connectivity index is 2.00. The van der Waals surface area contributed by atoms with Crippen LogP contribution in [0.4, 0.5) is 0 Å². The fraction of sp³-hybridized carbons (Fsp3) is 0.778. The molecule has 0 aliphatic carbocycles. The van der Waals surface area contributed by atoms with Gasteiger partial charge in [0.15, 0.2) is 0 Å². The van der Waals surface area contributed by atoms with Crippen molar-refractivity contribution in [2.45, 2.75) is 26.0 Å². The number of hydrogen-bond donors (Lipinski definition) is 1. The summed E-state index contributed by atoms with van der Waals surface area (Å²) in [7, 11) is 0. The molecule has 1 amide bonds. The maximum Gasteiger partial charge on any atom is 0.303 e. The lowest BCUT2D eigenvalue weighted by Gasteiger charge is -2.51. The Morgan fingerprint density at radius 2 is 2.29 bits per heavy atom. The largest absolute Gasteiger partial charge is 0.450 e. The average Bonchev–Trinajstić information content (AvgIpc) is 2.06. The summed E-state index contributed by atoms with van der Waals surface area (Å²) < 4.78 is 10.0. The Labute approximate surface area is 81.7 Å². The number of carbonyl (C=O) groups excluding carboxylic acids is 2. The first-order valence-electron chi connectivity index (χ1n) is 4.58. The van der Waals surface area contributed by atoms with Gasteiger partial charge in [0.05, 0.1) is 19.3 Å². The molecule has 2 unspecified atom stereocenters. The van der Waals surface area contributed by atoms with Crippen LogP contribution >= 0.6 is 0 Å². The molecule has 78 valence electrons. The van der Waals surface area contributed by atoms with Crippen molar-refractivity contribution in [3.8, 4) is 0 Å². The lowest BCUT2D eigenvalue weighted by molar-refractivity contribution is -0.190. The Hall–Kier alpha value is -1.10. The van der Waals surface area contributed by atoms with Crippen LogP contribution in [0.2, 0.25) is 0 Å². The lowest BCUT2D eigenvalue weighted by Crippen LogP contribution is -2.73. The molecule has 5 nitrogen and oxygen atoms in total. The van der Waals surface area contributed by atoms with Gasteiger partial charge in [0.25, 0.3) is 5.91 Å². The molecule has 0 spiro atoms. The van der Waals surface area contributed by atoms with Crippen LogP contribution in [0.5, 0.6) is 0 Å². The van der Waals surface area contributed by atoms with Gasteiger partial charge in [-0.3, -0.25) is 9.59 Å². The second kappa shape index (κ2) is 2.95. The van der Waals surface area contributed by atoms with E-state index >= 15 is 0 Å². The molecule has 1 N–H and O–H groups in total. The Morgan fingerprint density at radius 3 is 2.64 bits per heavy atom. The predicted molar refractivity (Wildman–Crippen MR) is 46.4 cm³/mol. The number of rotatable bonds is 2. The van der Waals surface area contributed by atoms with E-state index in [1.165, 1.54) is 6.92 Å². The minimum atomic E-state index is -0.624. The van der Waals surface area contributed by atoms with Crippen LogP contribution in [0, 0.1) is 5.41 Å². The number of amides is 1. The van der Waals surface area contributed by atoms with E-state index in [1.807, 2.05) is 6.92 Å². The molecule has 0 aromatic heterocycles. The van der Waals surface area contributed by atoms with Crippen LogP contribution in [-0.4, -0.2) is 37.2 Å². The molecule has 2 aliphatic heterocycles. The Morgan fingerprint density at radius 1 is 1.64 bits per heavy atom. The second-order valence-electron chi connectivity index (χ2n) is 4.16. The maximum atomic E-state index is 11.1. The number of ether oxygens (including phenoxy) is 2. The fourth-order valence-corrected chi connectivity index (χ4v) is 1.81. The van der Waals surface area contributed by atoms with Crippen molar-refractivity contribution in [2.24, 2.45) is 5.41 Å². The summed E-state index contributed by atoms with van der Waals surface area (Å²) in [6, 6.07) is -0.0901. The lowest BCUT2D eigenvalue weighted by atomic mass is 9.74. The van der Waals surface area contributed by atoms with Crippen molar-refractivity contribution in [3.05, 3.63) is 0 Å². The van der Waals surface area contributed by atoms with Gasteiger partial charge in [-0.05, 0) is 0 Å². The summed E-state index contributed by atoms with van der Waals surface area (Å²) in [4.78, 5) is 21.9. The molecular formula is C9H13NO4. The molecule has 0 saturated carbocycles. The van der Waals surface area contributed by atoms with Crippen molar-refractivity contribution in [2.75, 3.05) is 13.2 Å². The SMILES string of the molecule is CC(=O)OC1C(=O)NC1C1(C)COC1. The molecule has 0 aromatic carbocycles. The first kappa shape index (κ1) is 9.45. The molecule has 2 fully saturated rings. The van der Waals surface area contributed by atoms with Crippen LogP contribution in [0.3, 0.4) is 0 Å². The van der Waals surface area contributed by atoms with Crippen molar-refractivity contribution >= 4 is 11.9 Å². The Kier molecular flexibility index (Phi) is 1.99. The molecule has 14 heavy (non-hydrogen) atoms. The highest BCUT2D eigenvalue weighted by atomic mass is 16.6. The quantitative estimate of drug-likeness (QED) is 0.479. The molecule has 5 heteroatoms. The van der Waals surface area contributed by atoms with Gasteiger partial charge in [-0.1, -0.05) is 6.92 Å². The summed E-state index contributed by atoms with van der Waals surface area (Å²) in [5.74, 6) is -0.628. The van der Waals surface area contributed by atoms with Crippen molar-refractivity contribution < 1.29 is 19.1 Å². The van der Waals surface area contributed by atoms with Crippen molar-refractivity contribution in [1.29, 1.82) is 0 Å². The number of nitrogens with one attached hydrogen (secondary N) is 1. The molecule has 0 bridgehead atoms. The normalized spacial score (nSPS) is 33.7. The molecule has 2 rings (SSSR count). The summed E-state index contributed by atoms with van der Waals surface area (Å²) in [5, 5.41) is 2.74. The highest BCUT2D eigenvalue weighted by Gasteiger charge is 2.55. The van der Waals surface area contributed by atoms with Gasteiger partial charge in [-0.25, -0.2) is 0 Å². The van der Waals surface area contributed by atoms with Crippen LogP contribution < -0.4 is 5.32 Å². The molecule has 2 aliphatic rings. The minimum Gasteiger partial charge on any atom is -0.450 e. The molecular weight excluding hydrogens is 186 g/mol. The van der Waals surface area contributed by atoms with Crippen LogP contribution in [-0.2, 0) is 19.1 Å². The van der Waals surface area contributed by atoms with Gasteiger partial charge in [-0.15, -0.1) is 0 Å². The van der Waals surface area contributed by atoms with E-state index in [1.54, 1.807) is 0 Å². The third-order valence-corrected chi connectivity index (χ3v) is 2.77. The van der Waals surface area contributed by atoms with Gasteiger partial charge < -0.3 is 14.8 Å². The van der Waals surface area contributed by atoms with E-state index < -0.39 is 12.1 Å². The van der Waals surface area contributed by atoms with Gasteiger partial charge in [0, 0.05) is 12.3 Å². The van der Waals surface area contributed by atoms with Crippen molar-refractivity contribution in [3.63, 3.8) is 0 Å². The van der Waals surface area contributed by atoms with Gasteiger partial charge in [-0.2, -0.15) is 0 Å². The van der Waals surface area contributed by atoms with Crippen molar-refractivity contribution in [1.82, 2.24) is 5.32 Å². The van der Waals surface area contributed by atoms with E-state index in [2.05, 4.69) is 5.32 Å². The van der Waals surface area contributed by atoms with Gasteiger partial charge in [0.1, 0.15) is 0 Å². The third-order valence-electron chi connectivity index (χ3n) is 2.77. The fourth-order valence-electron chi connectivity index (χ4n) is 1.81. The highest BCUT2D eigenvalue weighted by Crippen LogP contribution is 2.36. The maximum absolute atomic E-state index is 11.1. The van der Waals surface area contributed by atoms with Crippen LogP contribution in [0.25, 0.3) is 0 Å².